The molecule has 0 radical (unpaired) electrons. The number of rotatable bonds is 3. The first kappa shape index (κ1) is 17.2. The molecule has 0 aromatic heterocycles. The van der Waals surface area contributed by atoms with E-state index in [0.717, 1.165) is 5.56 Å². The first-order valence-electron chi connectivity index (χ1n) is 7.41. The van der Waals surface area contributed by atoms with E-state index < -0.39 is 29.4 Å². The average Bonchev–Trinajstić information content (AvgIpc) is 2.89. The van der Waals surface area contributed by atoms with Crippen molar-refractivity contribution in [3.8, 4) is 0 Å². The molecule has 1 amide bonds. The zero-order chi connectivity index (χ0) is 17.2. The van der Waals surface area contributed by atoms with Gasteiger partial charge in [-0.05, 0) is 44.9 Å². The summed E-state index contributed by atoms with van der Waals surface area (Å²) in [5.74, 6) is -1.89. The fraction of sp³-hybridized carbons (Fsp3) is 0.500. The molecule has 0 bridgehead atoms. The number of carboxylic acids is 1. The maximum atomic E-state index is 13.9. The summed E-state index contributed by atoms with van der Waals surface area (Å²) in [7, 11) is 0. The van der Waals surface area contributed by atoms with Crippen molar-refractivity contribution in [3.05, 3.63) is 29.6 Å². The lowest BCUT2D eigenvalue weighted by Gasteiger charge is -2.20. The molecule has 0 spiro atoms. The van der Waals surface area contributed by atoms with Gasteiger partial charge in [0.1, 0.15) is 11.4 Å². The lowest BCUT2D eigenvalue weighted by atomic mass is 9.99. The Labute approximate surface area is 134 Å². The Bertz CT molecular complexity index is 613. The summed E-state index contributed by atoms with van der Waals surface area (Å²) in [6.07, 6.45) is -0.316. The Kier molecular flexibility index (Phi) is 4.89. The molecule has 2 atom stereocenters. The molecule has 126 valence electrons. The van der Waals surface area contributed by atoms with Gasteiger partial charge in [0.25, 0.3) is 0 Å². The summed E-state index contributed by atoms with van der Waals surface area (Å²) in [6, 6.07) is 4.15. The highest BCUT2D eigenvalue weighted by atomic mass is 19.1. The van der Waals surface area contributed by atoms with Crippen molar-refractivity contribution in [2.24, 2.45) is 5.92 Å². The number of hydrogen-bond acceptors (Lipinski definition) is 4. The van der Waals surface area contributed by atoms with Crippen molar-refractivity contribution in [2.75, 3.05) is 11.9 Å². The number of anilines is 1. The Morgan fingerprint density at radius 3 is 2.65 bits per heavy atom. The van der Waals surface area contributed by atoms with Gasteiger partial charge in [0.05, 0.1) is 11.6 Å². The van der Waals surface area contributed by atoms with E-state index in [0.29, 0.717) is 13.0 Å². The van der Waals surface area contributed by atoms with Crippen molar-refractivity contribution < 1.29 is 23.8 Å². The molecule has 6 nitrogen and oxygen atoms in total. The molecule has 0 saturated carbocycles. The third-order valence-electron chi connectivity index (χ3n) is 3.51. The van der Waals surface area contributed by atoms with Crippen molar-refractivity contribution >= 4 is 17.7 Å². The average molecular weight is 324 g/mol. The molecule has 3 N–H and O–H groups in total. The fourth-order valence-electron chi connectivity index (χ4n) is 2.45. The van der Waals surface area contributed by atoms with Crippen LogP contribution in [-0.4, -0.2) is 29.3 Å². The first-order valence-corrected chi connectivity index (χ1v) is 7.41. The van der Waals surface area contributed by atoms with Crippen LogP contribution in [0.15, 0.2) is 18.2 Å². The number of ether oxygens (including phenoxy) is 1. The van der Waals surface area contributed by atoms with Crippen LogP contribution in [0.2, 0.25) is 0 Å². The molecule has 2 unspecified atom stereocenters. The van der Waals surface area contributed by atoms with Gasteiger partial charge >= 0.3 is 12.1 Å². The molecular weight excluding hydrogens is 303 g/mol. The minimum Gasteiger partial charge on any atom is -0.481 e. The second kappa shape index (κ2) is 6.54. The number of hydrogen-bond donors (Lipinski definition) is 3. The molecule has 2 rings (SSSR count). The normalized spacial score (nSPS) is 21.0. The van der Waals surface area contributed by atoms with Crippen LogP contribution in [0.1, 0.15) is 38.8 Å². The van der Waals surface area contributed by atoms with E-state index in [-0.39, 0.29) is 11.7 Å². The van der Waals surface area contributed by atoms with Crippen molar-refractivity contribution in [1.29, 1.82) is 0 Å². The monoisotopic (exact) mass is 324 g/mol. The van der Waals surface area contributed by atoms with Gasteiger partial charge in [-0.25, -0.2) is 9.18 Å². The summed E-state index contributed by atoms with van der Waals surface area (Å²) in [5.41, 5.74) is 0.0541. The van der Waals surface area contributed by atoms with E-state index >= 15 is 0 Å². The number of aliphatic carboxylic acids is 1. The van der Waals surface area contributed by atoms with Gasteiger partial charge in [-0.15, -0.1) is 0 Å². The second-order valence-electron chi connectivity index (χ2n) is 6.60. The summed E-state index contributed by atoms with van der Waals surface area (Å²) in [6.45, 7) is 5.52. The minimum absolute atomic E-state index is 0.0114. The van der Waals surface area contributed by atoms with Crippen LogP contribution in [-0.2, 0) is 9.53 Å². The summed E-state index contributed by atoms with van der Waals surface area (Å²) >= 11 is 0. The summed E-state index contributed by atoms with van der Waals surface area (Å²) in [5, 5.41) is 14.5. The quantitative estimate of drug-likeness (QED) is 0.796. The number of halogens is 1. The SMILES string of the molecule is CC(C)(C)OC(=O)Nc1cc(C2CC(C(=O)O)CN2)ccc1F. The summed E-state index contributed by atoms with van der Waals surface area (Å²) < 4.78 is 19.0. The number of benzene rings is 1. The van der Waals surface area contributed by atoms with Gasteiger partial charge < -0.3 is 15.2 Å². The van der Waals surface area contributed by atoms with E-state index in [9.17, 15) is 14.0 Å². The zero-order valence-electron chi connectivity index (χ0n) is 13.4. The highest BCUT2D eigenvalue weighted by Crippen LogP contribution is 2.30. The van der Waals surface area contributed by atoms with Gasteiger partial charge in [0.15, 0.2) is 0 Å². The van der Waals surface area contributed by atoms with Crippen LogP contribution in [0.4, 0.5) is 14.9 Å². The Hall–Kier alpha value is -2.15. The maximum absolute atomic E-state index is 13.9. The molecule has 1 aromatic rings. The molecule has 1 aliphatic heterocycles. The van der Waals surface area contributed by atoms with Gasteiger partial charge in [0, 0.05) is 12.6 Å². The lowest BCUT2D eigenvalue weighted by molar-refractivity contribution is -0.141. The topological polar surface area (TPSA) is 87.7 Å². The predicted octanol–water partition coefficient (Wildman–Crippen LogP) is 2.91. The molecule has 0 aliphatic carbocycles. The number of carboxylic acid groups (broad SMARTS) is 1. The second-order valence-corrected chi connectivity index (χ2v) is 6.60. The molecule has 1 aliphatic rings. The lowest BCUT2D eigenvalue weighted by Crippen LogP contribution is -2.27. The minimum atomic E-state index is -0.853. The van der Waals surface area contributed by atoms with E-state index in [1.54, 1.807) is 26.8 Å². The number of carbonyl (C=O) groups excluding carboxylic acids is 1. The Morgan fingerprint density at radius 2 is 2.09 bits per heavy atom. The highest BCUT2D eigenvalue weighted by molar-refractivity contribution is 5.85. The van der Waals surface area contributed by atoms with E-state index in [1.807, 2.05) is 0 Å². The van der Waals surface area contributed by atoms with Crippen LogP contribution in [0.25, 0.3) is 0 Å². The maximum Gasteiger partial charge on any atom is 0.412 e. The summed E-state index contributed by atoms with van der Waals surface area (Å²) in [4.78, 5) is 22.8. The Morgan fingerprint density at radius 1 is 1.39 bits per heavy atom. The molecular formula is C16H21FN2O4. The highest BCUT2D eigenvalue weighted by Gasteiger charge is 2.30. The molecule has 1 saturated heterocycles. The smallest absolute Gasteiger partial charge is 0.412 e. The number of nitrogens with one attached hydrogen (secondary N) is 2. The number of carbonyl (C=O) groups is 2. The van der Waals surface area contributed by atoms with Gasteiger partial charge in [-0.3, -0.25) is 10.1 Å². The van der Waals surface area contributed by atoms with Gasteiger partial charge in [0.2, 0.25) is 0 Å². The molecule has 1 aromatic carbocycles. The number of amides is 1. The van der Waals surface area contributed by atoms with E-state index in [1.165, 1.54) is 12.1 Å². The third-order valence-corrected chi connectivity index (χ3v) is 3.51. The fourth-order valence-corrected chi connectivity index (χ4v) is 2.45. The van der Waals surface area contributed by atoms with E-state index in [4.69, 9.17) is 9.84 Å². The van der Waals surface area contributed by atoms with Gasteiger partial charge in [-0.1, -0.05) is 6.07 Å². The van der Waals surface area contributed by atoms with Crippen molar-refractivity contribution in [1.82, 2.24) is 5.32 Å². The van der Waals surface area contributed by atoms with E-state index in [2.05, 4.69) is 10.6 Å². The van der Waals surface area contributed by atoms with Crippen molar-refractivity contribution in [2.45, 2.75) is 38.8 Å². The third kappa shape index (κ3) is 4.66. The van der Waals surface area contributed by atoms with Crippen molar-refractivity contribution in [3.63, 3.8) is 0 Å². The Balaban J connectivity index is 2.10. The predicted molar refractivity (Wildman–Crippen MR) is 82.7 cm³/mol. The van der Waals surface area contributed by atoms with Crippen LogP contribution in [0, 0.1) is 11.7 Å². The van der Waals surface area contributed by atoms with Gasteiger partial charge in [-0.2, -0.15) is 0 Å². The molecule has 7 heteroatoms. The molecule has 23 heavy (non-hydrogen) atoms. The zero-order valence-corrected chi connectivity index (χ0v) is 13.4. The molecule has 1 heterocycles. The van der Waals surface area contributed by atoms with Crippen LogP contribution in [0.3, 0.4) is 0 Å². The van der Waals surface area contributed by atoms with Crippen LogP contribution in [0.5, 0.6) is 0 Å². The van der Waals surface area contributed by atoms with Crippen LogP contribution < -0.4 is 10.6 Å². The largest absolute Gasteiger partial charge is 0.481 e. The molecule has 1 fully saturated rings. The standard InChI is InChI=1S/C16H21FN2O4/c1-16(2,3)23-15(22)19-13-6-9(4-5-11(13)17)12-7-10(8-18-12)14(20)21/h4-6,10,12,18H,7-8H2,1-3H3,(H,19,22)(H,20,21). The van der Waals surface area contributed by atoms with Crippen LogP contribution >= 0.6 is 0 Å². The first-order chi connectivity index (χ1) is 10.7.